The van der Waals surface area contributed by atoms with Gasteiger partial charge in [-0.3, -0.25) is 14.4 Å². The number of carbonyl (C=O) groups excluding carboxylic acids is 1. The molecular formula is C26H28N4O3S2. The van der Waals surface area contributed by atoms with Crippen LogP contribution in [0, 0.1) is 0 Å². The number of fused-ring (bicyclic) bond motifs is 1. The first-order valence-electron chi connectivity index (χ1n) is 11.5. The molecule has 1 aromatic heterocycles. The summed E-state index contributed by atoms with van der Waals surface area (Å²) >= 11 is 1.49. The van der Waals surface area contributed by atoms with Crippen LogP contribution in [0.4, 0.5) is 10.8 Å². The van der Waals surface area contributed by atoms with Crippen molar-refractivity contribution in [1.29, 1.82) is 0 Å². The number of thiazole rings is 1. The first-order valence-corrected chi connectivity index (χ1v) is 13.8. The molecule has 0 atom stereocenters. The number of nitrogens with one attached hydrogen (secondary N) is 1. The molecule has 0 unspecified atom stereocenters. The Labute approximate surface area is 210 Å². The van der Waals surface area contributed by atoms with Crippen molar-refractivity contribution in [2.75, 3.05) is 35.8 Å². The van der Waals surface area contributed by atoms with Crippen LogP contribution < -0.4 is 9.62 Å². The van der Waals surface area contributed by atoms with E-state index in [1.165, 1.54) is 23.5 Å². The quantitative estimate of drug-likeness (QED) is 0.323. The van der Waals surface area contributed by atoms with Gasteiger partial charge in [0.2, 0.25) is 0 Å². The first kappa shape index (κ1) is 24.8. The van der Waals surface area contributed by atoms with Crippen molar-refractivity contribution in [2.45, 2.75) is 18.7 Å². The molecule has 0 aliphatic heterocycles. The topological polar surface area (TPSA) is 82.6 Å². The second kappa shape index (κ2) is 11.0. The summed E-state index contributed by atoms with van der Waals surface area (Å²) in [6.45, 7) is 7.22. The lowest BCUT2D eigenvalue weighted by Crippen LogP contribution is -2.38. The molecule has 35 heavy (non-hydrogen) atoms. The Morgan fingerprint density at radius 1 is 0.886 bits per heavy atom. The van der Waals surface area contributed by atoms with Gasteiger partial charge in [0.25, 0.3) is 15.9 Å². The van der Waals surface area contributed by atoms with E-state index in [1.807, 2.05) is 24.3 Å². The number of para-hydroxylation sites is 1. The Kier molecular flexibility index (Phi) is 7.80. The monoisotopic (exact) mass is 508 g/mol. The Bertz CT molecular complexity index is 1350. The van der Waals surface area contributed by atoms with Crippen molar-refractivity contribution in [3.8, 4) is 0 Å². The zero-order chi connectivity index (χ0) is 24.8. The van der Waals surface area contributed by atoms with E-state index < -0.39 is 10.0 Å². The van der Waals surface area contributed by atoms with Crippen molar-refractivity contribution in [3.05, 3.63) is 84.4 Å². The van der Waals surface area contributed by atoms with E-state index in [-0.39, 0.29) is 10.8 Å². The minimum Gasteiger partial charge on any atom is -0.302 e. The lowest BCUT2D eigenvalue weighted by Gasteiger charge is -2.24. The van der Waals surface area contributed by atoms with Crippen molar-refractivity contribution in [3.63, 3.8) is 0 Å². The number of sulfonamides is 1. The molecule has 1 heterocycles. The lowest BCUT2D eigenvalue weighted by molar-refractivity contribution is 0.0984. The van der Waals surface area contributed by atoms with Gasteiger partial charge in [0.15, 0.2) is 5.13 Å². The van der Waals surface area contributed by atoms with Crippen LogP contribution in [-0.2, 0) is 10.0 Å². The third-order valence-electron chi connectivity index (χ3n) is 5.73. The van der Waals surface area contributed by atoms with Crippen molar-refractivity contribution in [1.82, 2.24) is 9.88 Å². The Hall–Kier alpha value is -3.27. The number of hydrogen-bond donors (Lipinski definition) is 1. The van der Waals surface area contributed by atoms with E-state index in [2.05, 4.69) is 23.5 Å². The maximum Gasteiger partial charge on any atom is 0.261 e. The third-order valence-corrected chi connectivity index (χ3v) is 8.19. The van der Waals surface area contributed by atoms with Crippen LogP contribution in [0.15, 0.2) is 83.8 Å². The minimum absolute atomic E-state index is 0.173. The second-order valence-corrected chi connectivity index (χ2v) is 10.6. The molecule has 0 saturated carbocycles. The molecule has 4 rings (SSSR count). The number of nitrogens with zero attached hydrogens (tertiary/aromatic N) is 3. The van der Waals surface area contributed by atoms with Crippen molar-refractivity contribution < 1.29 is 13.2 Å². The molecular weight excluding hydrogens is 480 g/mol. The summed E-state index contributed by atoms with van der Waals surface area (Å²) in [4.78, 5) is 22.4. The van der Waals surface area contributed by atoms with E-state index >= 15 is 0 Å². The van der Waals surface area contributed by atoms with Gasteiger partial charge in [-0.2, -0.15) is 0 Å². The van der Waals surface area contributed by atoms with E-state index in [0.29, 0.717) is 22.9 Å². The van der Waals surface area contributed by atoms with E-state index in [9.17, 15) is 13.2 Å². The number of hydrogen-bond acceptors (Lipinski definition) is 6. The molecule has 0 aliphatic carbocycles. The van der Waals surface area contributed by atoms with Gasteiger partial charge in [0.05, 0.1) is 15.1 Å². The van der Waals surface area contributed by atoms with Crippen molar-refractivity contribution >= 4 is 48.3 Å². The summed E-state index contributed by atoms with van der Waals surface area (Å²) in [6, 6.07) is 22.5. The maximum atomic E-state index is 13.6. The summed E-state index contributed by atoms with van der Waals surface area (Å²) in [5.41, 5.74) is 1.71. The zero-order valence-corrected chi connectivity index (χ0v) is 21.3. The average Bonchev–Trinajstić information content (AvgIpc) is 3.31. The highest BCUT2D eigenvalue weighted by atomic mass is 32.2. The molecule has 4 aromatic rings. The largest absolute Gasteiger partial charge is 0.302 e. The first-order chi connectivity index (χ1) is 16.9. The van der Waals surface area contributed by atoms with Gasteiger partial charge in [-0.1, -0.05) is 55.5 Å². The van der Waals surface area contributed by atoms with Crippen LogP contribution in [0.25, 0.3) is 10.2 Å². The number of carbonyl (C=O) groups is 1. The van der Waals surface area contributed by atoms with Crippen LogP contribution >= 0.6 is 11.3 Å². The smallest absolute Gasteiger partial charge is 0.261 e. The summed E-state index contributed by atoms with van der Waals surface area (Å²) in [5.74, 6) is -0.173. The molecule has 0 saturated heterocycles. The summed E-state index contributed by atoms with van der Waals surface area (Å²) in [7, 11) is -3.70. The van der Waals surface area contributed by atoms with Gasteiger partial charge in [0.1, 0.15) is 0 Å². The minimum atomic E-state index is -3.70. The summed E-state index contributed by atoms with van der Waals surface area (Å²) in [6.07, 6.45) is 0. The van der Waals surface area contributed by atoms with Crippen LogP contribution in [0.3, 0.4) is 0 Å². The highest BCUT2D eigenvalue weighted by Gasteiger charge is 2.22. The number of amides is 1. The number of benzene rings is 3. The fourth-order valence-corrected chi connectivity index (χ4v) is 5.76. The number of rotatable bonds is 10. The second-order valence-electron chi connectivity index (χ2n) is 7.94. The van der Waals surface area contributed by atoms with E-state index in [4.69, 9.17) is 4.98 Å². The standard InChI is InChI=1S/C26H28N4O3S2/c1-3-29(4-2)18-19-30(26-27-23-12-8-9-13-24(23)34-26)25(31)20-14-16-21(17-15-20)28-35(32,33)22-10-6-5-7-11-22/h5-17,28H,3-4,18-19H2,1-2H3. The van der Waals surface area contributed by atoms with E-state index in [0.717, 1.165) is 29.9 Å². The molecule has 0 aliphatic rings. The van der Waals surface area contributed by atoms with Gasteiger partial charge in [-0.15, -0.1) is 0 Å². The van der Waals surface area contributed by atoms with Gasteiger partial charge in [0, 0.05) is 24.3 Å². The Morgan fingerprint density at radius 2 is 1.54 bits per heavy atom. The molecule has 0 spiro atoms. The van der Waals surface area contributed by atoms with Crippen LogP contribution in [0.5, 0.6) is 0 Å². The number of aromatic nitrogens is 1. The fraction of sp³-hybridized carbons (Fsp3) is 0.231. The zero-order valence-electron chi connectivity index (χ0n) is 19.7. The molecule has 9 heteroatoms. The maximum absolute atomic E-state index is 13.6. The normalized spacial score (nSPS) is 11.6. The van der Waals surface area contributed by atoms with Gasteiger partial charge < -0.3 is 4.90 Å². The number of anilines is 2. The van der Waals surface area contributed by atoms with Crippen LogP contribution in [-0.4, -0.2) is 50.4 Å². The number of likely N-dealkylation sites (N-methyl/N-ethyl adjacent to an activating group) is 1. The summed E-state index contributed by atoms with van der Waals surface area (Å²) < 4.78 is 28.8. The van der Waals surface area contributed by atoms with Crippen molar-refractivity contribution in [2.24, 2.45) is 0 Å². The molecule has 182 valence electrons. The van der Waals surface area contributed by atoms with Crippen LogP contribution in [0.1, 0.15) is 24.2 Å². The molecule has 3 aromatic carbocycles. The molecule has 1 N–H and O–H groups in total. The predicted molar refractivity (Wildman–Crippen MR) is 143 cm³/mol. The molecule has 1 amide bonds. The van der Waals surface area contributed by atoms with Gasteiger partial charge in [-0.25, -0.2) is 13.4 Å². The molecule has 0 fully saturated rings. The molecule has 7 nitrogen and oxygen atoms in total. The van der Waals surface area contributed by atoms with Gasteiger partial charge >= 0.3 is 0 Å². The van der Waals surface area contributed by atoms with Gasteiger partial charge in [-0.05, 0) is 61.6 Å². The summed E-state index contributed by atoms with van der Waals surface area (Å²) in [5, 5.41) is 0.650. The predicted octanol–water partition coefficient (Wildman–Crippen LogP) is 5.09. The average molecular weight is 509 g/mol. The van der Waals surface area contributed by atoms with E-state index in [1.54, 1.807) is 47.4 Å². The Balaban J connectivity index is 1.57. The SMILES string of the molecule is CCN(CC)CCN(C(=O)c1ccc(NS(=O)(=O)c2ccccc2)cc1)c1nc2ccccc2s1. The fourth-order valence-electron chi connectivity index (χ4n) is 3.69. The lowest BCUT2D eigenvalue weighted by atomic mass is 10.2. The van der Waals surface area contributed by atoms with Crippen LogP contribution in [0.2, 0.25) is 0 Å². The molecule has 0 bridgehead atoms. The highest BCUT2D eigenvalue weighted by Crippen LogP contribution is 2.30. The highest BCUT2D eigenvalue weighted by molar-refractivity contribution is 7.92. The Morgan fingerprint density at radius 3 is 2.20 bits per heavy atom. The molecule has 0 radical (unpaired) electrons. The third kappa shape index (κ3) is 5.87.